The number of halogens is 3. The number of rotatable bonds is 3. The predicted molar refractivity (Wildman–Crippen MR) is 70.7 cm³/mol. The van der Waals surface area contributed by atoms with Crippen molar-refractivity contribution in [3.8, 4) is 0 Å². The normalized spacial score (nSPS) is 10.1. The summed E-state index contributed by atoms with van der Waals surface area (Å²) < 4.78 is 0. The van der Waals surface area contributed by atoms with Gasteiger partial charge in [-0.15, -0.1) is 0 Å². The highest BCUT2D eigenvalue weighted by Gasteiger charge is 2.01. The summed E-state index contributed by atoms with van der Waals surface area (Å²) in [5.41, 5.74) is 6.43. The second kappa shape index (κ2) is 5.40. The fourth-order valence-electron chi connectivity index (χ4n) is 1.12. The number of anilines is 2. The van der Waals surface area contributed by atoms with E-state index in [1.54, 1.807) is 24.3 Å². The average Bonchev–Trinajstić information content (AvgIpc) is 2.28. The molecule has 1 aromatic heterocycles. The molecule has 7 heteroatoms. The highest BCUT2D eigenvalue weighted by Crippen LogP contribution is 2.25. The van der Waals surface area contributed by atoms with Crippen LogP contribution in [0.25, 0.3) is 0 Å². The molecular formula is C10H7Cl3N4. The van der Waals surface area contributed by atoms with Crippen LogP contribution < -0.4 is 10.9 Å². The zero-order valence-corrected chi connectivity index (χ0v) is 10.7. The van der Waals surface area contributed by atoms with Crippen molar-refractivity contribution in [2.24, 2.45) is 0 Å². The van der Waals surface area contributed by atoms with E-state index in [4.69, 9.17) is 34.8 Å². The molecule has 0 radical (unpaired) electrons. The number of hydrazine groups is 1. The standard InChI is InChI=1S/C10H7Cl3N4/c11-6-1-2-8(7(12)3-6)16-17-10-4-9(13)14-5-15-10/h1-5,16H,(H,14,15,17). The molecule has 1 aromatic carbocycles. The first-order valence-electron chi connectivity index (χ1n) is 4.60. The minimum atomic E-state index is 0.353. The molecule has 17 heavy (non-hydrogen) atoms. The highest BCUT2D eigenvalue weighted by molar-refractivity contribution is 6.36. The smallest absolute Gasteiger partial charge is 0.149 e. The van der Waals surface area contributed by atoms with Gasteiger partial charge in [-0.05, 0) is 18.2 Å². The van der Waals surface area contributed by atoms with Gasteiger partial charge >= 0.3 is 0 Å². The molecule has 0 aliphatic carbocycles. The maximum absolute atomic E-state index is 5.98. The molecule has 0 aliphatic rings. The van der Waals surface area contributed by atoms with Gasteiger partial charge in [0.05, 0.1) is 10.7 Å². The van der Waals surface area contributed by atoms with Crippen LogP contribution in [0.2, 0.25) is 15.2 Å². The molecule has 4 nitrogen and oxygen atoms in total. The summed E-state index contributed by atoms with van der Waals surface area (Å²) in [6.45, 7) is 0. The summed E-state index contributed by atoms with van der Waals surface area (Å²) in [6, 6.07) is 6.70. The zero-order valence-electron chi connectivity index (χ0n) is 8.42. The molecule has 0 saturated heterocycles. The zero-order chi connectivity index (χ0) is 12.3. The lowest BCUT2D eigenvalue weighted by atomic mass is 10.3. The quantitative estimate of drug-likeness (QED) is 0.665. The van der Waals surface area contributed by atoms with Crippen LogP contribution in [-0.4, -0.2) is 9.97 Å². The molecule has 0 fully saturated rings. The summed E-state index contributed by atoms with van der Waals surface area (Å²) in [7, 11) is 0. The fourth-order valence-corrected chi connectivity index (χ4v) is 1.73. The fraction of sp³-hybridized carbons (Fsp3) is 0. The Kier molecular flexibility index (Phi) is 3.89. The molecule has 0 amide bonds. The van der Waals surface area contributed by atoms with E-state index >= 15 is 0 Å². The Labute approximate surface area is 113 Å². The maximum Gasteiger partial charge on any atom is 0.149 e. The monoisotopic (exact) mass is 288 g/mol. The van der Waals surface area contributed by atoms with Crippen LogP contribution in [0.15, 0.2) is 30.6 Å². The largest absolute Gasteiger partial charge is 0.298 e. The summed E-state index contributed by atoms with van der Waals surface area (Å²) in [5, 5.41) is 1.43. The summed E-state index contributed by atoms with van der Waals surface area (Å²) in [6.07, 6.45) is 1.36. The van der Waals surface area contributed by atoms with E-state index in [1.165, 1.54) is 6.33 Å². The first-order valence-corrected chi connectivity index (χ1v) is 5.73. The van der Waals surface area contributed by atoms with Gasteiger partial charge in [-0.2, -0.15) is 0 Å². The van der Waals surface area contributed by atoms with Gasteiger partial charge in [-0.25, -0.2) is 9.97 Å². The van der Waals surface area contributed by atoms with Crippen LogP contribution in [0.3, 0.4) is 0 Å². The van der Waals surface area contributed by atoms with E-state index in [0.717, 1.165) is 0 Å². The van der Waals surface area contributed by atoms with Crippen LogP contribution >= 0.6 is 34.8 Å². The third-order valence-corrected chi connectivity index (χ3v) is 2.64. The Morgan fingerprint density at radius 1 is 0.941 bits per heavy atom. The van der Waals surface area contributed by atoms with Crippen molar-refractivity contribution in [2.75, 3.05) is 10.9 Å². The van der Waals surface area contributed by atoms with Crippen molar-refractivity contribution in [1.29, 1.82) is 0 Å². The molecule has 0 aliphatic heterocycles. The van der Waals surface area contributed by atoms with Crippen molar-refractivity contribution in [3.05, 3.63) is 45.8 Å². The lowest BCUT2D eigenvalue weighted by molar-refractivity contribution is 1.15. The number of nitrogens with one attached hydrogen (secondary N) is 2. The lowest BCUT2D eigenvalue weighted by Crippen LogP contribution is -2.10. The van der Waals surface area contributed by atoms with Gasteiger partial charge < -0.3 is 0 Å². The predicted octanol–water partition coefficient (Wildman–Crippen LogP) is 3.88. The van der Waals surface area contributed by atoms with E-state index in [-0.39, 0.29) is 0 Å². The Hall–Kier alpha value is -1.23. The van der Waals surface area contributed by atoms with Gasteiger partial charge in [-0.3, -0.25) is 10.9 Å². The molecule has 0 saturated carbocycles. The highest BCUT2D eigenvalue weighted by atomic mass is 35.5. The minimum absolute atomic E-state index is 0.353. The Morgan fingerprint density at radius 3 is 2.47 bits per heavy atom. The molecule has 2 aromatic rings. The van der Waals surface area contributed by atoms with E-state index in [1.807, 2.05) is 0 Å². The third-order valence-electron chi connectivity index (χ3n) is 1.89. The van der Waals surface area contributed by atoms with Gasteiger partial charge in [0.1, 0.15) is 17.3 Å². The SMILES string of the molecule is Clc1ccc(NNc2cc(Cl)ncn2)c(Cl)c1. The molecular weight excluding hydrogens is 282 g/mol. The van der Waals surface area contributed by atoms with Crippen molar-refractivity contribution >= 4 is 46.3 Å². The van der Waals surface area contributed by atoms with Crippen LogP contribution in [0.1, 0.15) is 0 Å². The number of aromatic nitrogens is 2. The van der Waals surface area contributed by atoms with Gasteiger partial charge in [0.2, 0.25) is 0 Å². The Balaban J connectivity index is 2.07. The van der Waals surface area contributed by atoms with Crippen LogP contribution in [0.5, 0.6) is 0 Å². The molecule has 2 rings (SSSR count). The van der Waals surface area contributed by atoms with Gasteiger partial charge in [0.25, 0.3) is 0 Å². The Bertz CT molecular complexity index is 533. The summed E-state index contributed by atoms with van der Waals surface area (Å²) >= 11 is 17.5. The number of benzene rings is 1. The van der Waals surface area contributed by atoms with Crippen molar-refractivity contribution in [3.63, 3.8) is 0 Å². The van der Waals surface area contributed by atoms with Crippen molar-refractivity contribution < 1.29 is 0 Å². The van der Waals surface area contributed by atoms with Crippen LogP contribution in [-0.2, 0) is 0 Å². The number of nitrogens with zero attached hydrogens (tertiary/aromatic N) is 2. The molecule has 0 atom stereocenters. The molecule has 2 N–H and O–H groups in total. The van der Waals surface area contributed by atoms with Gasteiger partial charge in [0, 0.05) is 11.1 Å². The molecule has 0 spiro atoms. The summed E-state index contributed by atoms with van der Waals surface area (Å²) in [5.74, 6) is 0.538. The Morgan fingerprint density at radius 2 is 1.76 bits per heavy atom. The number of hydrogen-bond acceptors (Lipinski definition) is 4. The van der Waals surface area contributed by atoms with E-state index in [2.05, 4.69) is 20.8 Å². The molecule has 88 valence electrons. The maximum atomic E-state index is 5.98. The molecule has 0 unspecified atom stereocenters. The topological polar surface area (TPSA) is 49.8 Å². The first-order chi connectivity index (χ1) is 8.15. The van der Waals surface area contributed by atoms with Crippen molar-refractivity contribution in [1.82, 2.24) is 9.97 Å². The lowest BCUT2D eigenvalue weighted by Gasteiger charge is -2.10. The molecule has 1 heterocycles. The van der Waals surface area contributed by atoms with Crippen LogP contribution in [0.4, 0.5) is 11.5 Å². The van der Waals surface area contributed by atoms with Gasteiger partial charge in [-0.1, -0.05) is 34.8 Å². The number of hydrogen-bond donors (Lipinski definition) is 2. The molecule has 0 bridgehead atoms. The third kappa shape index (κ3) is 3.36. The first kappa shape index (κ1) is 12.2. The van der Waals surface area contributed by atoms with Crippen molar-refractivity contribution in [2.45, 2.75) is 0 Å². The second-order valence-electron chi connectivity index (χ2n) is 3.10. The van der Waals surface area contributed by atoms with E-state index < -0.39 is 0 Å². The van der Waals surface area contributed by atoms with E-state index in [9.17, 15) is 0 Å². The van der Waals surface area contributed by atoms with Gasteiger partial charge in [0.15, 0.2) is 0 Å². The minimum Gasteiger partial charge on any atom is -0.298 e. The summed E-state index contributed by atoms with van der Waals surface area (Å²) in [4.78, 5) is 7.73. The van der Waals surface area contributed by atoms with Crippen LogP contribution in [0, 0.1) is 0 Å². The second-order valence-corrected chi connectivity index (χ2v) is 4.33. The average molecular weight is 290 g/mol. The van der Waals surface area contributed by atoms with E-state index in [0.29, 0.717) is 26.7 Å².